The Bertz CT molecular complexity index is 1170. The number of thioether (sulfide) groups is 1. The van der Waals surface area contributed by atoms with Crippen LogP contribution in [0.1, 0.15) is 34.9 Å². The van der Waals surface area contributed by atoms with Crippen LogP contribution < -0.4 is 5.73 Å². The molecule has 0 radical (unpaired) electrons. The molecule has 8 nitrogen and oxygen atoms in total. The van der Waals surface area contributed by atoms with Crippen molar-refractivity contribution >= 4 is 27.8 Å². The van der Waals surface area contributed by atoms with Gasteiger partial charge in [-0.3, -0.25) is 4.90 Å². The monoisotopic (exact) mass is 542 g/mol. The van der Waals surface area contributed by atoms with E-state index in [1.807, 2.05) is 0 Å². The van der Waals surface area contributed by atoms with Crippen molar-refractivity contribution in [3.05, 3.63) is 52.9 Å². The minimum Gasteiger partial charge on any atom is -0.475 e. The Morgan fingerprint density at radius 1 is 1.26 bits per heavy atom. The molecule has 3 atom stereocenters. The molecule has 0 spiro atoms. The largest absolute Gasteiger partial charge is 0.490 e. The van der Waals surface area contributed by atoms with Crippen LogP contribution in [0, 0.1) is 11.6 Å². The second-order valence-corrected chi connectivity index (χ2v) is 11.3. The molecule has 0 saturated carbocycles. The number of fused-ring (bicyclic) bond motifs is 1. The summed E-state index contributed by atoms with van der Waals surface area (Å²) in [5, 5.41) is 11.0. The zero-order valence-electron chi connectivity index (χ0n) is 18.4. The average Bonchev–Trinajstić information content (AvgIpc) is 3.25. The first-order valence-electron chi connectivity index (χ1n) is 10.3. The lowest BCUT2D eigenvalue weighted by atomic mass is 9.97. The standard InChI is InChI=1S/C18H22F2N4O2S2.C2HF3O2/c1-28(25,26)24-9-11-8-23(10-17(11)22-24)13-4-5-27-18(16(21)7-13)14-6-12(19)2-3-15(14)20;3-2(4,5)1(6)7/h2-3,6,9,13,16,18H,4-5,7-8,10,21H2,1H3;(H,6,7)/t13?,16-,18+;/m0./s1. The highest BCUT2D eigenvalue weighted by Crippen LogP contribution is 2.40. The number of nitrogens with zero attached hydrogens (tertiary/aromatic N) is 3. The molecule has 1 fully saturated rings. The molecule has 1 aromatic carbocycles. The zero-order chi connectivity index (χ0) is 26.1. The Balaban J connectivity index is 0.000000429. The van der Waals surface area contributed by atoms with E-state index in [0.29, 0.717) is 25.1 Å². The summed E-state index contributed by atoms with van der Waals surface area (Å²) >= 11 is 1.57. The molecule has 194 valence electrons. The van der Waals surface area contributed by atoms with Crippen LogP contribution in [0.4, 0.5) is 22.0 Å². The summed E-state index contributed by atoms with van der Waals surface area (Å²) in [6.45, 7) is 1.19. The van der Waals surface area contributed by atoms with Crippen molar-refractivity contribution in [2.24, 2.45) is 5.73 Å². The fraction of sp³-hybridized carbons (Fsp3) is 0.500. The Morgan fingerprint density at radius 2 is 1.91 bits per heavy atom. The summed E-state index contributed by atoms with van der Waals surface area (Å²) in [5.41, 5.74) is 8.41. The summed E-state index contributed by atoms with van der Waals surface area (Å²) in [6.07, 6.45) is -0.854. The van der Waals surface area contributed by atoms with Crippen molar-refractivity contribution in [2.45, 2.75) is 49.4 Å². The number of aliphatic carboxylic acids is 1. The van der Waals surface area contributed by atoms with E-state index in [9.17, 15) is 30.4 Å². The first-order valence-corrected chi connectivity index (χ1v) is 13.2. The highest BCUT2D eigenvalue weighted by atomic mass is 32.2. The highest BCUT2D eigenvalue weighted by Gasteiger charge is 2.38. The van der Waals surface area contributed by atoms with Gasteiger partial charge in [-0.2, -0.15) is 34.1 Å². The number of hydrogen-bond acceptors (Lipinski definition) is 7. The molecule has 3 heterocycles. The van der Waals surface area contributed by atoms with Crippen LogP contribution in [0.3, 0.4) is 0 Å². The van der Waals surface area contributed by atoms with Crippen molar-refractivity contribution in [3.63, 3.8) is 0 Å². The molecular formula is C20H23F5N4O4S2. The van der Waals surface area contributed by atoms with Crippen LogP contribution in [-0.2, 0) is 27.9 Å². The molecule has 2 aromatic rings. The lowest BCUT2D eigenvalue weighted by Gasteiger charge is -2.29. The normalized spacial score (nSPS) is 23.2. The van der Waals surface area contributed by atoms with Gasteiger partial charge in [0.05, 0.1) is 11.9 Å². The first-order chi connectivity index (χ1) is 16.2. The number of halogens is 5. The van der Waals surface area contributed by atoms with Crippen molar-refractivity contribution < 1.29 is 40.3 Å². The summed E-state index contributed by atoms with van der Waals surface area (Å²) in [4.78, 5) is 11.1. The quantitative estimate of drug-likeness (QED) is 0.569. The molecule has 2 aliphatic rings. The van der Waals surface area contributed by atoms with Crippen molar-refractivity contribution in [3.8, 4) is 0 Å². The van der Waals surface area contributed by atoms with E-state index < -0.39 is 33.8 Å². The average molecular weight is 543 g/mol. The molecule has 1 unspecified atom stereocenters. The van der Waals surface area contributed by atoms with Crippen LogP contribution in [0.2, 0.25) is 0 Å². The van der Waals surface area contributed by atoms with Gasteiger partial charge in [0.2, 0.25) is 0 Å². The molecule has 35 heavy (non-hydrogen) atoms. The molecule has 2 aliphatic heterocycles. The van der Waals surface area contributed by atoms with E-state index in [4.69, 9.17) is 15.6 Å². The number of rotatable bonds is 3. The number of aromatic nitrogens is 2. The Kier molecular flexibility index (Phi) is 8.13. The predicted molar refractivity (Wildman–Crippen MR) is 118 cm³/mol. The zero-order valence-corrected chi connectivity index (χ0v) is 20.0. The minimum absolute atomic E-state index is 0.185. The number of hydrogen-bond donors (Lipinski definition) is 2. The maximum Gasteiger partial charge on any atom is 0.490 e. The maximum absolute atomic E-state index is 14.2. The Morgan fingerprint density at radius 3 is 2.49 bits per heavy atom. The number of nitrogens with two attached hydrogens (primary N) is 1. The minimum atomic E-state index is -5.08. The van der Waals surface area contributed by atoms with Crippen LogP contribution in [0.5, 0.6) is 0 Å². The topological polar surface area (TPSA) is 119 Å². The van der Waals surface area contributed by atoms with Crippen LogP contribution in [0.15, 0.2) is 24.4 Å². The number of benzene rings is 1. The molecule has 4 rings (SSSR count). The van der Waals surface area contributed by atoms with E-state index in [0.717, 1.165) is 45.9 Å². The Hall–Kier alpha value is -2.23. The van der Waals surface area contributed by atoms with E-state index in [1.54, 1.807) is 18.0 Å². The number of carbonyl (C=O) groups is 1. The van der Waals surface area contributed by atoms with Gasteiger partial charge in [-0.25, -0.2) is 22.0 Å². The number of carboxylic acid groups (broad SMARTS) is 1. The summed E-state index contributed by atoms with van der Waals surface area (Å²) in [5.74, 6) is -2.86. The van der Waals surface area contributed by atoms with Gasteiger partial charge in [-0.15, -0.1) is 0 Å². The Labute approximate surface area is 202 Å². The smallest absolute Gasteiger partial charge is 0.475 e. The summed E-state index contributed by atoms with van der Waals surface area (Å²) in [7, 11) is -3.39. The molecule has 1 aromatic heterocycles. The van der Waals surface area contributed by atoms with Gasteiger partial charge in [0, 0.05) is 47.7 Å². The van der Waals surface area contributed by atoms with Crippen molar-refractivity contribution in [1.82, 2.24) is 14.1 Å². The van der Waals surface area contributed by atoms with Gasteiger partial charge in [-0.05, 0) is 36.8 Å². The first kappa shape index (κ1) is 27.4. The van der Waals surface area contributed by atoms with E-state index in [-0.39, 0.29) is 17.3 Å². The van der Waals surface area contributed by atoms with Gasteiger partial charge >= 0.3 is 12.1 Å². The highest BCUT2D eigenvalue weighted by molar-refractivity contribution is 7.99. The molecule has 1 saturated heterocycles. The molecule has 3 N–H and O–H groups in total. The van der Waals surface area contributed by atoms with Gasteiger partial charge in [0.25, 0.3) is 10.0 Å². The van der Waals surface area contributed by atoms with Gasteiger partial charge in [0.1, 0.15) is 11.6 Å². The molecule has 0 aliphatic carbocycles. The molecule has 0 amide bonds. The third-order valence-corrected chi connectivity index (χ3v) is 7.93. The van der Waals surface area contributed by atoms with Gasteiger partial charge in [0.15, 0.2) is 0 Å². The van der Waals surface area contributed by atoms with Crippen molar-refractivity contribution in [1.29, 1.82) is 0 Å². The molecule has 15 heteroatoms. The second-order valence-electron chi connectivity index (χ2n) is 8.24. The predicted octanol–water partition coefficient (Wildman–Crippen LogP) is 2.88. The summed E-state index contributed by atoms with van der Waals surface area (Å²) < 4.78 is 83.9. The SMILES string of the molecule is CS(=O)(=O)n1cc2c(n1)CN(C1CCS[C@H](c3cc(F)ccc3F)[C@@H](N)C1)C2.O=C(O)C(F)(F)F. The maximum atomic E-state index is 14.2. The van der Waals surface area contributed by atoms with E-state index in [2.05, 4.69) is 10.00 Å². The molecule has 0 bridgehead atoms. The lowest BCUT2D eigenvalue weighted by molar-refractivity contribution is -0.192. The summed E-state index contributed by atoms with van der Waals surface area (Å²) in [6, 6.07) is 3.39. The van der Waals surface area contributed by atoms with Crippen LogP contribution >= 0.6 is 11.8 Å². The van der Waals surface area contributed by atoms with Gasteiger partial charge < -0.3 is 10.8 Å². The third-order valence-electron chi connectivity index (χ3n) is 5.63. The van der Waals surface area contributed by atoms with Crippen LogP contribution in [0.25, 0.3) is 0 Å². The second kappa shape index (κ2) is 10.4. The molecular weight excluding hydrogens is 519 g/mol. The van der Waals surface area contributed by atoms with Gasteiger partial charge in [-0.1, -0.05) is 0 Å². The number of carboxylic acids is 1. The fourth-order valence-electron chi connectivity index (χ4n) is 3.98. The fourth-order valence-corrected chi connectivity index (χ4v) is 5.92. The van der Waals surface area contributed by atoms with E-state index in [1.165, 1.54) is 6.07 Å². The number of alkyl halides is 3. The van der Waals surface area contributed by atoms with Crippen molar-refractivity contribution in [2.75, 3.05) is 12.0 Å². The van der Waals surface area contributed by atoms with E-state index >= 15 is 0 Å². The van der Waals surface area contributed by atoms with Crippen LogP contribution in [-0.4, -0.2) is 63.8 Å². The third kappa shape index (κ3) is 6.71. The lowest BCUT2D eigenvalue weighted by Crippen LogP contribution is -2.37.